The molecule has 0 aromatic heterocycles. The third-order valence-electron chi connectivity index (χ3n) is 8.89. The summed E-state index contributed by atoms with van der Waals surface area (Å²) in [4.78, 5) is 37.8. The molecule has 0 aliphatic carbocycles. The Labute approximate surface area is 378 Å². The highest BCUT2D eigenvalue weighted by Crippen LogP contribution is 2.09. The number of allylic oxidation sites excluding steroid dienone is 26. The first-order valence-electron chi connectivity index (χ1n) is 23.6. The molecule has 6 heteroatoms. The van der Waals surface area contributed by atoms with Crippen molar-refractivity contribution in [3.63, 3.8) is 0 Å². The van der Waals surface area contributed by atoms with Gasteiger partial charge in [0.05, 0.1) is 0 Å². The molecular formula is C56H82O6. The maximum atomic E-state index is 12.7. The summed E-state index contributed by atoms with van der Waals surface area (Å²) in [6.07, 6.45) is 71.0. The van der Waals surface area contributed by atoms with Crippen LogP contribution in [0.15, 0.2) is 158 Å². The van der Waals surface area contributed by atoms with Crippen LogP contribution in [0, 0.1) is 0 Å². The molecule has 342 valence electrons. The summed E-state index contributed by atoms with van der Waals surface area (Å²) in [5.41, 5.74) is 0. The first-order chi connectivity index (χ1) is 30.5. The van der Waals surface area contributed by atoms with E-state index in [2.05, 4.69) is 124 Å². The minimum Gasteiger partial charge on any atom is -0.462 e. The molecule has 1 atom stereocenters. The molecular weight excluding hydrogens is 769 g/mol. The summed E-state index contributed by atoms with van der Waals surface area (Å²) in [5, 5.41) is 0. The third-order valence-corrected chi connectivity index (χ3v) is 8.89. The van der Waals surface area contributed by atoms with Gasteiger partial charge in [-0.25, -0.2) is 0 Å². The Hall–Kier alpha value is -4.97. The number of hydrogen-bond donors (Lipinski definition) is 0. The number of esters is 3. The molecule has 0 aromatic carbocycles. The third kappa shape index (κ3) is 46.1. The lowest BCUT2D eigenvalue weighted by Crippen LogP contribution is -2.30. The quantitative estimate of drug-likeness (QED) is 0.0202. The van der Waals surface area contributed by atoms with E-state index in [-0.39, 0.29) is 44.4 Å². The van der Waals surface area contributed by atoms with E-state index in [0.717, 1.165) is 96.3 Å². The van der Waals surface area contributed by atoms with Crippen molar-refractivity contribution in [2.75, 3.05) is 13.2 Å². The first kappa shape index (κ1) is 57.0. The summed E-state index contributed by atoms with van der Waals surface area (Å²) >= 11 is 0. The monoisotopic (exact) mass is 851 g/mol. The van der Waals surface area contributed by atoms with Gasteiger partial charge in [0.15, 0.2) is 6.10 Å². The lowest BCUT2D eigenvalue weighted by atomic mass is 10.1. The summed E-state index contributed by atoms with van der Waals surface area (Å²) in [6.45, 7) is 6.09. The molecule has 62 heavy (non-hydrogen) atoms. The van der Waals surface area contributed by atoms with Crippen LogP contribution in [0.4, 0.5) is 0 Å². The highest BCUT2D eigenvalue weighted by molar-refractivity contribution is 5.71. The fourth-order valence-electron chi connectivity index (χ4n) is 5.45. The van der Waals surface area contributed by atoms with E-state index < -0.39 is 12.1 Å². The van der Waals surface area contributed by atoms with Gasteiger partial charge in [0, 0.05) is 19.3 Å². The van der Waals surface area contributed by atoms with Gasteiger partial charge in [-0.1, -0.05) is 185 Å². The van der Waals surface area contributed by atoms with Crippen molar-refractivity contribution in [1.82, 2.24) is 0 Å². The maximum absolute atomic E-state index is 12.7. The smallest absolute Gasteiger partial charge is 0.306 e. The molecule has 0 aliphatic heterocycles. The van der Waals surface area contributed by atoms with Crippen LogP contribution in [0.1, 0.15) is 156 Å². The van der Waals surface area contributed by atoms with Crippen LogP contribution < -0.4 is 0 Å². The predicted molar refractivity (Wildman–Crippen MR) is 265 cm³/mol. The largest absolute Gasteiger partial charge is 0.462 e. The number of hydrogen-bond acceptors (Lipinski definition) is 6. The van der Waals surface area contributed by atoms with Gasteiger partial charge < -0.3 is 14.2 Å². The van der Waals surface area contributed by atoms with Crippen molar-refractivity contribution >= 4 is 17.9 Å². The Kier molecular flexibility index (Phi) is 44.8. The summed E-state index contributed by atoms with van der Waals surface area (Å²) in [5.74, 6) is -1.11. The second kappa shape index (κ2) is 48.7. The molecule has 1 unspecified atom stereocenters. The van der Waals surface area contributed by atoms with Crippen LogP contribution in [-0.2, 0) is 28.6 Å². The van der Waals surface area contributed by atoms with Crippen LogP contribution in [0.3, 0.4) is 0 Å². The van der Waals surface area contributed by atoms with Crippen LogP contribution in [-0.4, -0.2) is 37.2 Å². The maximum Gasteiger partial charge on any atom is 0.306 e. The van der Waals surface area contributed by atoms with Gasteiger partial charge in [-0.3, -0.25) is 14.4 Å². The van der Waals surface area contributed by atoms with Crippen molar-refractivity contribution in [3.05, 3.63) is 158 Å². The van der Waals surface area contributed by atoms with Crippen LogP contribution >= 0.6 is 0 Å². The van der Waals surface area contributed by atoms with E-state index in [1.165, 1.54) is 0 Å². The molecule has 0 aromatic rings. The Bertz CT molecular complexity index is 1490. The fraction of sp³-hybridized carbons (Fsp3) is 0.482. The van der Waals surface area contributed by atoms with Gasteiger partial charge in [-0.05, 0) is 109 Å². The molecule has 0 heterocycles. The topological polar surface area (TPSA) is 78.9 Å². The van der Waals surface area contributed by atoms with Crippen LogP contribution in [0.5, 0.6) is 0 Å². The van der Waals surface area contributed by atoms with Crippen LogP contribution in [0.2, 0.25) is 0 Å². The van der Waals surface area contributed by atoms with E-state index >= 15 is 0 Å². The molecule has 0 radical (unpaired) electrons. The SMILES string of the molecule is CC\C=C/C=C\C=C/C=C\C=C/CCCC(=O)OC(COC(=O)CCCC/C=C\C/C=C\C/C=C\CC)COC(=O)CCCCC/C=C\C/C=C\C/C=C\C/C=C\C/C=C\CC. The first-order valence-corrected chi connectivity index (χ1v) is 23.6. The van der Waals surface area contributed by atoms with E-state index in [9.17, 15) is 14.4 Å². The highest BCUT2D eigenvalue weighted by Gasteiger charge is 2.19. The van der Waals surface area contributed by atoms with Gasteiger partial charge in [0.25, 0.3) is 0 Å². The zero-order valence-corrected chi connectivity index (χ0v) is 38.8. The van der Waals surface area contributed by atoms with Crippen molar-refractivity contribution < 1.29 is 28.6 Å². The van der Waals surface area contributed by atoms with E-state index in [1.807, 2.05) is 54.7 Å². The molecule has 0 saturated carbocycles. The summed E-state index contributed by atoms with van der Waals surface area (Å²) in [7, 11) is 0. The van der Waals surface area contributed by atoms with Gasteiger partial charge >= 0.3 is 17.9 Å². The zero-order chi connectivity index (χ0) is 45.1. The number of ether oxygens (including phenoxy) is 3. The Morgan fingerprint density at radius 2 is 0.677 bits per heavy atom. The molecule has 0 rings (SSSR count). The molecule has 6 nitrogen and oxygen atoms in total. The van der Waals surface area contributed by atoms with Crippen molar-refractivity contribution in [3.8, 4) is 0 Å². The molecule has 0 fully saturated rings. The molecule has 0 aliphatic rings. The van der Waals surface area contributed by atoms with Crippen LogP contribution in [0.25, 0.3) is 0 Å². The summed E-state index contributed by atoms with van der Waals surface area (Å²) in [6, 6.07) is 0. The predicted octanol–water partition coefficient (Wildman–Crippen LogP) is 15.5. The molecule has 0 bridgehead atoms. The second-order valence-corrected chi connectivity index (χ2v) is 14.6. The minimum atomic E-state index is -0.851. The lowest BCUT2D eigenvalue weighted by molar-refractivity contribution is -0.167. The van der Waals surface area contributed by atoms with Gasteiger partial charge in [0.1, 0.15) is 13.2 Å². The minimum absolute atomic E-state index is 0.145. The standard InChI is InChI=1S/C56H82O6/c1-4-7-10-13-16-19-22-25-26-27-28-29-30-32-34-37-40-43-46-49-55(58)61-52-53(51-60-54(57)48-45-42-39-36-33-24-21-18-15-12-9-6-3)62-56(59)50-47-44-41-38-35-31-23-20-17-14-11-8-5-2/h7-12,14,16-21,23,25-26,28-29,31-36,38,41,53H,4-6,13,15,22,24,27,30,37,39-40,42-52H2,1-3H3/b10-7-,11-8-,12-9-,17-14-,19-16-,21-18-,23-20-,26-25-,29-28-,34-32-,35-31-,36-33-,41-38-. The number of rotatable bonds is 39. The number of carbonyl (C=O) groups excluding carboxylic acids is 3. The average molecular weight is 851 g/mol. The van der Waals surface area contributed by atoms with Crippen molar-refractivity contribution in [2.45, 2.75) is 162 Å². The Balaban J connectivity index is 4.61. The lowest BCUT2D eigenvalue weighted by Gasteiger charge is -2.18. The van der Waals surface area contributed by atoms with Gasteiger partial charge in [-0.15, -0.1) is 0 Å². The molecule has 0 spiro atoms. The van der Waals surface area contributed by atoms with E-state index in [0.29, 0.717) is 19.3 Å². The Morgan fingerprint density at radius 3 is 1.13 bits per heavy atom. The number of carbonyl (C=O) groups is 3. The summed E-state index contributed by atoms with van der Waals surface area (Å²) < 4.78 is 16.6. The van der Waals surface area contributed by atoms with Gasteiger partial charge in [-0.2, -0.15) is 0 Å². The number of unbranched alkanes of at least 4 members (excludes halogenated alkanes) is 6. The van der Waals surface area contributed by atoms with Crippen molar-refractivity contribution in [2.24, 2.45) is 0 Å². The molecule has 0 amide bonds. The highest BCUT2D eigenvalue weighted by atomic mass is 16.6. The zero-order valence-electron chi connectivity index (χ0n) is 38.8. The normalized spacial score (nSPS) is 13.5. The van der Waals surface area contributed by atoms with Gasteiger partial charge in [0.2, 0.25) is 0 Å². The fourth-order valence-corrected chi connectivity index (χ4v) is 5.45. The second-order valence-electron chi connectivity index (χ2n) is 14.6. The molecule has 0 N–H and O–H groups in total. The van der Waals surface area contributed by atoms with Crippen molar-refractivity contribution in [1.29, 1.82) is 0 Å². The van der Waals surface area contributed by atoms with E-state index in [4.69, 9.17) is 14.2 Å². The Morgan fingerprint density at radius 1 is 0.339 bits per heavy atom. The molecule has 0 saturated heterocycles. The average Bonchev–Trinajstić information content (AvgIpc) is 3.27. The van der Waals surface area contributed by atoms with E-state index in [1.54, 1.807) is 0 Å².